The number of rotatable bonds is 3. The van der Waals surface area contributed by atoms with Gasteiger partial charge in [-0.3, -0.25) is 4.98 Å². The predicted molar refractivity (Wildman–Crippen MR) is 74.8 cm³/mol. The molecule has 0 bridgehead atoms. The van der Waals surface area contributed by atoms with E-state index >= 15 is 0 Å². The van der Waals surface area contributed by atoms with E-state index < -0.39 is 5.54 Å². The van der Waals surface area contributed by atoms with Gasteiger partial charge < -0.3 is 10.3 Å². The van der Waals surface area contributed by atoms with Crippen molar-refractivity contribution in [2.24, 2.45) is 11.7 Å². The van der Waals surface area contributed by atoms with Gasteiger partial charge in [0.1, 0.15) is 0 Å². The van der Waals surface area contributed by atoms with Crippen LogP contribution in [0.25, 0.3) is 0 Å². The third kappa shape index (κ3) is 2.72. The average Bonchev–Trinajstić information content (AvgIpc) is 2.93. The van der Waals surface area contributed by atoms with Crippen molar-refractivity contribution in [2.75, 3.05) is 0 Å². The molecule has 0 atom stereocenters. The second-order valence-electron chi connectivity index (χ2n) is 5.85. The molecule has 2 N–H and O–H groups in total. The Kier molecular flexibility index (Phi) is 3.53. The molecule has 1 saturated carbocycles. The molecule has 106 valence electrons. The van der Waals surface area contributed by atoms with Gasteiger partial charge in [0, 0.05) is 11.9 Å². The van der Waals surface area contributed by atoms with Crippen LogP contribution in [0.5, 0.6) is 0 Å². The van der Waals surface area contributed by atoms with E-state index in [-0.39, 0.29) is 0 Å². The van der Waals surface area contributed by atoms with Crippen molar-refractivity contribution >= 4 is 0 Å². The summed E-state index contributed by atoms with van der Waals surface area (Å²) in [5.41, 5.74) is 6.93. The van der Waals surface area contributed by atoms with Crippen LogP contribution in [0.4, 0.5) is 0 Å². The lowest BCUT2D eigenvalue weighted by Crippen LogP contribution is -2.40. The maximum absolute atomic E-state index is 6.44. The summed E-state index contributed by atoms with van der Waals surface area (Å²) in [5, 5.41) is 4.04. The SMILES string of the molecule is CC1CCC(N)(c2nc(Cc3ccccn3)no2)CC1. The highest BCUT2D eigenvalue weighted by Gasteiger charge is 2.37. The van der Waals surface area contributed by atoms with Crippen molar-refractivity contribution in [3.8, 4) is 0 Å². The van der Waals surface area contributed by atoms with Gasteiger partial charge in [0.25, 0.3) is 0 Å². The summed E-state index contributed by atoms with van der Waals surface area (Å²) in [4.78, 5) is 8.75. The van der Waals surface area contributed by atoms with Gasteiger partial charge in [-0.1, -0.05) is 18.1 Å². The summed E-state index contributed by atoms with van der Waals surface area (Å²) < 4.78 is 5.40. The highest BCUT2D eigenvalue weighted by Crippen LogP contribution is 2.36. The number of nitrogens with zero attached hydrogens (tertiary/aromatic N) is 3. The molecule has 5 nitrogen and oxygen atoms in total. The van der Waals surface area contributed by atoms with E-state index in [1.54, 1.807) is 6.20 Å². The summed E-state index contributed by atoms with van der Waals surface area (Å²) in [6, 6.07) is 5.80. The van der Waals surface area contributed by atoms with Gasteiger partial charge in [-0.2, -0.15) is 4.98 Å². The Balaban J connectivity index is 1.73. The second kappa shape index (κ2) is 5.32. The lowest BCUT2D eigenvalue weighted by molar-refractivity contribution is 0.190. The van der Waals surface area contributed by atoms with Crippen LogP contribution in [-0.4, -0.2) is 15.1 Å². The molecule has 3 rings (SSSR count). The van der Waals surface area contributed by atoms with Crippen molar-refractivity contribution in [1.82, 2.24) is 15.1 Å². The van der Waals surface area contributed by atoms with Gasteiger partial charge in [-0.05, 0) is 43.7 Å². The van der Waals surface area contributed by atoms with Gasteiger partial charge in [0.05, 0.1) is 12.0 Å². The highest BCUT2D eigenvalue weighted by molar-refractivity contribution is 5.11. The number of hydrogen-bond donors (Lipinski definition) is 1. The molecule has 5 heteroatoms. The number of pyridine rings is 1. The van der Waals surface area contributed by atoms with E-state index in [2.05, 4.69) is 22.0 Å². The highest BCUT2D eigenvalue weighted by atomic mass is 16.5. The Labute approximate surface area is 118 Å². The Morgan fingerprint density at radius 1 is 1.35 bits per heavy atom. The zero-order chi connectivity index (χ0) is 14.0. The topological polar surface area (TPSA) is 77.8 Å². The van der Waals surface area contributed by atoms with E-state index in [0.717, 1.165) is 37.3 Å². The first kappa shape index (κ1) is 13.2. The Morgan fingerprint density at radius 2 is 2.15 bits per heavy atom. The Morgan fingerprint density at radius 3 is 2.85 bits per heavy atom. The first-order valence-electron chi connectivity index (χ1n) is 7.17. The fourth-order valence-electron chi connectivity index (χ4n) is 2.68. The molecule has 1 aliphatic carbocycles. The van der Waals surface area contributed by atoms with Crippen LogP contribution in [0.15, 0.2) is 28.9 Å². The van der Waals surface area contributed by atoms with Crippen molar-refractivity contribution in [1.29, 1.82) is 0 Å². The number of nitrogens with two attached hydrogens (primary N) is 1. The van der Waals surface area contributed by atoms with E-state index in [1.165, 1.54) is 0 Å². The Bertz CT molecular complexity index is 558. The minimum absolute atomic E-state index is 0.443. The molecule has 2 aromatic heterocycles. The molecule has 2 heterocycles. The van der Waals surface area contributed by atoms with E-state index in [4.69, 9.17) is 10.3 Å². The molecule has 0 spiro atoms. The largest absolute Gasteiger partial charge is 0.337 e. The van der Waals surface area contributed by atoms with Crippen LogP contribution >= 0.6 is 0 Å². The van der Waals surface area contributed by atoms with E-state index in [1.807, 2.05) is 18.2 Å². The number of aromatic nitrogens is 3. The molecule has 0 radical (unpaired) electrons. The van der Waals surface area contributed by atoms with Crippen LogP contribution in [0.1, 0.15) is 50.0 Å². The lowest BCUT2D eigenvalue weighted by atomic mass is 9.78. The van der Waals surface area contributed by atoms with Crippen LogP contribution < -0.4 is 5.73 Å². The third-order valence-corrected chi connectivity index (χ3v) is 4.13. The molecule has 0 aromatic carbocycles. The molecule has 1 fully saturated rings. The maximum Gasteiger partial charge on any atom is 0.246 e. The smallest absolute Gasteiger partial charge is 0.246 e. The van der Waals surface area contributed by atoms with Crippen molar-refractivity contribution in [3.05, 3.63) is 41.8 Å². The molecule has 1 aliphatic rings. The predicted octanol–water partition coefficient (Wildman–Crippen LogP) is 2.42. The van der Waals surface area contributed by atoms with Crippen molar-refractivity contribution in [2.45, 2.75) is 44.6 Å². The molecular formula is C15H20N4O. The quantitative estimate of drug-likeness (QED) is 0.928. The number of hydrogen-bond acceptors (Lipinski definition) is 5. The third-order valence-electron chi connectivity index (χ3n) is 4.13. The van der Waals surface area contributed by atoms with E-state index in [0.29, 0.717) is 18.1 Å². The van der Waals surface area contributed by atoms with Crippen molar-refractivity contribution < 1.29 is 4.52 Å². The minimum Gasteiger partial charge on any atom is -0.337 e. The average molecular weight is 272 g/mol. The summed E-state index contributed by atoms with van der Waals surface area (Å²) >= 11 is 0. The zero-order valence-corrected chi connectivity index (χ0v) is 11.7. The maximum atomic E-state index is 6.44. The zero-order valence-electron chi connectivity index (χ0n) is 11.7. The second-order valence-corrected chi connectivity index (χ2v) is 5.85. The molecule has 20 heavy (non-hydrogen) atoms. The van der Waals surface area contributed by atoms with Crippen molar-refractivity contribution in [3.63, 3.8) is 0 Å². The van der Waals surface area contributed by atoms with Gasteiger partial charge in [0.15, 0.2) is 5.82 Å². The molecular weight excluding hydrogens is 252 g/mol. The first-order valence-corrected chi connectivity index (χ1v) is 7.17. The summed E-state index contributed by atoms with van der Waals surface area (Å²) in [5.74, 6) is 1.97. The van der Waals surface area contributed by atoms with Crippen LogP contribution in [0.3, 0.4) is 0 Å². The lowest BCUT2D eigenvalue weighted by Gasteiger charge is -2.32. The molecule has 0 amide bonds. The van der Waals surface area contributed by atoms with E-state index in [9.17, 15) is 0 Å². The fraction of sp³-hybridized carbons (Fsp3) is 0.533. The Hall–Kier alpha value is -1.75. The molecule has 0 saturated heterocycles. The molecule has 2 aromatic rings. The summed E-state index contributed by atoms with van der Waals surface area (Å²) in [6.45, 7) is 2.26. The van der Waals surface area contributed by atoms with Crippen LogP contribution in [0, 0.1) is 5.92 Å². The first-order chi connectivity index (χ1) is 9.66. The fourth-order valence-corrected chi connectivity index (χ4v) is 2.68. The van der Waals surface area contributed by atoms with Gasteiger partial charge in [-0.25, -0.2) is 0 Å². The van der Waals surface area contributed by atoms with Gasteiger partial charge in [0.2, 0.25) is 5.89 Å². The normalized spacial score (nSPS) is 26.6. The minimum atomic E-state index is -0.443. The molecule has 0 aliphatic heterocycles. The summed E-state index contributed by atoms with van der Waals surface area (Å²) in [7, 11) is 0. The standard InChI is InChI=1S/C15H20N4O/c1-11-5-7-15(16,8-6-11)14-18-13(19-20-14)10-12-4-2-3-9-17-12/h2-4,9,11H,5-8,10,16H2,1H3. The van der Waals surface area contributed by atoms with Gasteiger partial charge >= 0.3 is 0 Å². The van der Waals surface area contributed by atoms with Gasteiger partial charge in [-0.15, -0.1) is 0 Å². The summed E-state index contributed by atoms with van der Waals surface area (Å²) in [6.07, 6.45) is 6.42. The van der Waals surface area contributed by atoms with Crippen LogP contribution in [0.2, 0.25) is 0 Å². The molecule has 0 unspecified atom stereocenters. The van der Waals surface area contributed by atoms with Crippen LogP contribution in [-0.2, 0) is 12.0 Å². The monoisotopic (exact) mass is 272 g/mol.